The van der Waals surface area contributed by atoms with Crippen LogP contribution in [0.15, 0.2) is 18.3 Å². The molecule has 0 radical (unpaired) electrons. The van der Waals surface area contributed by atoms with Crippen molar-refractivity contribution in [3.8, 4) is 0 Å². The number of aromatic nitrogens is 1. The summed E-state index contributed by atoms with van der Waals surface area (Å²) >= 11 is 1.92. The summed E-state index contributed by atoms with van der Waals surface area (Å²) in [5.74, 6) is 3.21. The molecule has 0 aliphatic rings. The third kappa shape index (κ3) is 4.01. The highest BCUT2D eigenvalue weighted by molar-refractivity contribution is 7.98. The summed E-state index contributed by atoms with van der Waals surface area (Å²) in [7, 11) is 0. The third-order valence-electron chi connectivity index (χ3n) is 1.85. The highest BCUT2D eigenvalue weighted by Gasteiger charge is 1.94. The highest BCUT2D eigenvalue weighted by Crippen LogP contribution is 2.12. The van der Waals surface area contributed by atoms with E-state index in [-0.39, 0.29) is 0 Å². The van der Waals surface area contributed by atoms with Gasteiger partial charge in [-0.15, -0.1) is 0 Å². The maximum absolute atomic E-state index is 4.34. The first-order valence-corrected chi connectivity index (χ1v) is 6.28. The summed E-state index contributed by atoms with van der Waals surface area (Å²) < 4.78 is 0. The van der Waals surface area contributed by atoms with E-state index in [1.54, 1.807) is 0 Å². The van der Waals surface area contributed by atoms with E-state index >= 15 is 0 Å². The molecule has 1 heterocycles. The molecule has 0 saturated heterocycles. The molecule has 0 spiro atoms. The predicted molar refractivity (Wildman–Crippen MR) is 64.9 cm³/mol. The van der Waals surface area contributed by atoms with Gasteiger partial charge in [-0.05, 0) is 23.8 Å². The van der Waals surface area contributed by atoms with Gasteiger partial charge in [0.1, 0.15) is 5.82 Å². The van der Waals surface area contributed by atoms with Gasteiger partial charge < -0.3 is 5.32 Å². The summed E-state index contributed by atoms with van der Waals surface area (Å²) in [5.41, 5.74) is 1.30. The minimum Gasteiger partial charge on any atom is -0.370 e. The van der Waals surface area contributed by atoms with Crippen molar-refractivity contribution in [3.05, 3.63) is 23.9 Å². The van der Waals surface area contributed by atoms with Gasteiger partial charge in [-0.3, -0.25) is 0 Å². The van der Waals surface area contributed by atoms with Gasteiger partial charge in [0.05, 0.1) is 0 Å². The minimum atomic E-state index is 0.983. The fourth-order valence-corrected chi connectivity index (χ4v) is 1.70. The molecule has 1 rings (SSSR count). The van der Waals surface area contributed by atoms with Crippen LogP contribution in [0.3, 0.4) is 0 Å². The van der Waals surface area contributed by atoms with E-state index in [0.717, 1.165) is 30.3 Å². The van der Waals surface area contributed by atoms with Crippen molar-refractivity contribution < 1.29 is 0 Å². The smallest absolute Gasteiger partial charge is 0.125 e. The number of pyridine rings is 1. The summed E-state index contributed by atoms with van der Waals surface area (Å²) in [6, 6.07) is 4.20. The van der Waals surface area contributed by atoms with Gasteiger partial charge in [0, 0.05) is 18.5 Å². The van der Waals surface area contributed by atoms with Gasteiger partial charge >= 0.3 is 0 Å². The van der Waals surface area contributed by atoms with Crippen molar-refractivity contribution >= 4 is 17.6 Å². The largest absolute Gasteiger partial charge is 0.370 e. The van der Waals surface area contributed by atoms with E-state index in [0.29, 0.717) is 0 Å². The number of anilines is 1. The standard InChI is InChI=1S/C11H18N2S/c1-3-7-12-11-6-5-10(8-13-11)9-14-4-2/h5-6,8H,3-4,7,9H2,1-2H3,(H,12,13). The molecule has 2 nitrogen and oxygen atoms in total. The molecule has 78 valence electrons. The van der Waals surface area contributed by atoms with Gasteiger partial charge in [-0.2, -0.15) is 11.8 Å². The van der Waals surface area contributed by atoms with E-state index in [9.17, 15) is 0 Å². The van der Waals surface area contributed by atoms with Crippen molar-refractivity contribution in [1.29, 1.82) is 0 Å². The Morgan fingerprint density at radius 1 is 1.36 bits per heavy atom. The zero-order chi connectivity index (χ0) is 10.2. The van der Waals surface area contributed by atoms with E-state index in [1.165, 1.54) is 5.56 Å². The van der Waals surface area contributed by atoms with Crippen LogP contribution in [0.4, 0.5) is 5.82 Å². The van der Waals surface area contributed by atoms with Crippen molar-refractivity contribution in [2.24, 2.45) is 0 Å². The van der Waals surface area contributed by atoms with E-state index in [4.69, 9.17) is 0 Å². The number of thioether (sulfide) groups is 1. The quantitative estimate of drug-likeness (QED) is 0.780. The first-order chi connectivity index (χ1) is 6.86. The molecule has 1 aromatic rings. The molecule has 0 aliphatic heterocycles. The molecular weight excluding hydrogens is 192 g/mol. The Hall–Kier alpha value is -0.700. The average Bonchev–Trinajstić information content (AvgIpc) is 2.25. The minimum absolute atomic E-state index is 0.983. The number of rotatable bonds is 6. The molecule has 1 N–H and O–H groups in total. The molecule has 1 aromatic heterocycles. The van der Waals surface area contributed by atoms with E-state index in [2.05, 4.69) is 36.3 Å². The Balaban J connectivity index is 2.42. The first kappa shape index (κ1) is 11.4. The Labute approximate surface area is 90.5 Å². The van der Waals surface area contributed by atoms with Crippen molar-refractivity contribution in [1.82, 2.24) is 4.98 Å². The fourth-order valence-electron chi connectivity index (χ4n) is 1.09. The second kappa shape index (κ2) is 6.71. The SMILES string of the molecule is CCCNc1ccc(CSCC)cn1. The topological polar surface area (TPSA) is 24.9 Å². The van der Waals surface area contributed by atoms with Crippen LogP contribution in [0.5, 0.6) is 0 Å². The van der Waals surface area contributed by atoms with Gasteiger partial charge in [-0.25, -0.2) is 4.98 Å². The monoisotopic (exact) mass is 210 g/mol. The summed E-state index contributed by atoms with van der Waals surface area (Å²) in [4.78, 5) is 4.34. The van der Waals surface area contributed by atoms with Crippen LogP contribution in [-0.4, -0.2) is 17.3 Å². The number of hydrogen-bond donors (Lipinski definition) is 1. The van der Waals surface area contributed by atoms with Crippen LogP contribution in [0.1, 0.15) is 25.8 Å². The summed E-state index contributed by atoms with van der Waals surface area (Å²) in [5, 5.41) is 3.26. The molecule has 0 amide bonds. The van der Waals surface area contributed by atoms with Crippen LogP contribution >= 0.6 is 11.8 Å². The van der Waals surface area contributed by atoms with Gasteiger partial charge in [-0.1, -0.05) is 19.9 Å². The van der Waals surface area contributed by atoms with Crippen LogP contribution in [0.25, 0.3) is 0 Å². The molecule has 0 unspecified atom stereocenters. The number of nitrogens with one attached hydrogen (secondary N) is 1. The molecule has 0 bridgehead atoms. The van der Waals surface area contributed by atoms with Crippen LogP contribution in [-0.2, 0) is 5.75 Å². The van der Waals surface area contributed by atoms with Crippen molar-refractivity contribution in [3.63, 3.8) is 0 Å². The molecule has 0 aliphatic carbocycles. The lowest BCUT2D eigenvalue weighted by Crippen LogP contribution is -2.01. The van der Waals surface area contributed by atoms with Crippen molar-refractivity contribution in [2.45, 2.75) is 26.0 Å². The van der Waals surface area contributed by atoms with Gasteiger partial charge in [0.25, 0.3) is 0 Å². The van der Waals surface area contributed by atoms with Crippen LogP contribution in [0.2, 0.25) is 0 Å². The normalized spacial score (nSPS) is 10.1. The fraction of sp³-hybridized carbons (Fsp3) is 0.545. The van der Waals surface area contributed by atoms with Crippen molar-refractivity contribution in [2.75, 3.05) is 17.6 Å². The van der Waals surface area contributed by atoms with E-state index in [1.807, 2.05) is 18.0 Å². The number of nitrogens with zero attached hydrogens (tertiary/aromatic N) is 1. The Kier molecular flexibility index (Phi) is 5.45. The second-order valence-electron chi connectivity index (χ2n) is 3.12. The predicted octanol–water partition coefficient (Wildman–Crippen LogP) is 3.16. The molecule has 0 atom stereocenters. The zero-order valence-electron chi connectivity index (χ0n) is 8.92. The molecule has 0 saturated carbocycles. The van der Waals surface area contributed by atoms with Crippen LogP contribution in [0, 0.1) is 0 Å². The van der Waals surface area contributed by atoms with Crippen LogP contribution < -0.4 is 5.32 Å². The zero-order valence-corrected chi connectivity index (χ0v) is 9.73. The maximum Gasteiger partial charge on any atom is 0.125 e. The Bertz CT molecular complexity index is 219. The van der Waals surface area contributed by atoms with Gasteiger partial charge in [0.2, 0.25) is 0 Å². The highest BCUT2D eigenvalue weighted by atomic mass is 32.2. The second-order valence-corrected chi connectivity index (χ2v) is 4.39. The maximum atomic E-state index is 4.34. The Morgan fingerprint density at radius 2 is 2.21 bits per heavy atom. The van der Waals surface area contributed by atoms with E-state index < -0.39 is 0 Å². The lowest BCUT2D eigenvalue weighted by atomic mass is 10.3. The summed E-state index contributed by atoms with van der Waals surface area (Å²) in [6.07, 6.45) is 3.09. The lowest BCUT2D eigenvalue weighted by Gasteiger charge is -2.04. The third-order valence-corrected chi connectivity index (χ3v) is 2.80. The Morgan fingerprint density at radius 3 is 2.79 bits per heavy atom. The molecule has 0 fully saturated rings. The molecule has 0 aromatic carbocycles. The molecular formula is C11H18N2S. The average molecular weight is 210 g/mol. The molecule has 3 heteroatoms. The lowest BCUT2D eigenvalue weighted by molar-refractivity contribution is 0.968. The van der Waals surface area contributed by atoms with Gasteiger partial charge in [0.15, 0.2) is 0 Å². The first-order valence-electron chi connectivity index (χ1n) is 5.13. The summed E-state index contributed by atoms with van der Waals surface area (Å²) in [6.45, 7) is 5.32. The molecule has 14 heavy (non-hydrogen) atoms. The number of hydrogen-bond acceptors (Lipinski definition) is 3.